The van der Waals surface area contributed by atoms with Crippen LogP contribution in [0.1, 0.15) is 6.92 Å². The Labute approximate surface area is 302 Å². The highest BCUT2D eigenvalue weighted by Gasteiger charge is 2.23. The predicted octanol–water partition coefficient (Wildman–Crippen LogP) is 13.4. The molecule has 7 aromatic carbocycles. The Kier molecular flexibility index (Phi) is 6.87. The van der Waals surface area contributed by atoms with Gasteiger partial charge < -0.3 is 13.9 Å². The Morgan fingerprint density at radius 2 is 1.04 bits per heavy atom. The molecule has 3 heterocycles. The highest BCUT2D eigenvalue weighted by molar-refractivity contribution is 6.33. The van der Waals surface area contributed by atoms with Gasteiger partial charge in [0, 0.05) is 49.7 Å². The van der Waals surface area contributed by atoms with E-state index in [-0.39, 0.29) is 0 Å². The predicted molar refractivity (Wildman–Crippen MR) is 223 cm³/mol. The van der Waals surface area contributed by atoms with Crippen LogP contribution < -0.4 is 4.90 Å². The maximum atomic E-state index is 4.71. The first-order valence-corrected chi connectivity index (χ1v) is 17.8. The number of aromatic nitrogens is 2. The summed E-state index contributed by atoms with van der Waals surface area (Å²) >= 11 is 0. The van der Waals surface area contributed by atoms with Gasteiger partial charge in [0.25, 0.3) is 0 Å². The fraction of sp³-hybridized carbons (Fsp3) is 0.0204. The van der Waals surface area contributed by atoms with E-state index < -0.39 is 0 Å². The van der Waals surface area contributed by atoms with Crippen molar-refractivity contribution in [2.75, 3.05) is 4.90 Å². The topological polar surface area (TPSA) is 12.6 Å². The number of hydrogen-bond acceptors (Lipinski definition) is 1. The summed E-state index contributed by atoms with van der Waals surface area (Å²) in [7, 11) is 0. The van der Waals surface area contributed by atoms with Crippen LogP contribution in [0.2, 0.25) is 0 Å². The Morgan fingerprint density at radius 1 is 0.481 bits per heavy atom. The molecule has 0 spiro atoms. The summed E-state index contributed by atoms with van der Waals surface area (Å²) in [6, 6.07) is 58.8. The van der Waals surface area contributed by atoms with E-state index >= 15 is 0 Å². The molecule has 0 bridgehead atoms. The quantitative estimate of drug-likeness (QED) is 0.154. The van der Waals surface area contributed by atoms with Gasteiger partial charge in [-0.15, -0.1) is 0 Å². The van der Waals surface area contributed by atoms with Crippen LogP contribution in [0.5, 0.6) is 0 Å². The number of rotatable bonds is 7. The third-order valence-corrected chi connectivity index (χ3v) is 10.6. The third kappa shape index (κ3) is 4.46. The molecule has 0 aliphatic carbocycles. The fourth-order valence-electron chi connectivity index (χ4n) is 8.29. The van der Waals surface area contributed by atoms with Crippen LogP contribution >= 0.6 is 0 Å². The van der Waals surface area contributed by atoms with Gasteiger partial charge in [0.1, 0.15) is 0 Å². The van der Waals surface area contributed by atoms with E-state index in [1.807, 2.05) is 0 Å². The first-order valence-electron chi connectivity index (χ1n) is 17.8. The molecule has 3 nitrogen and oxygen atoms in total. The monoisotopic (exact) mass is 665 g/mol. The van der Waals surface area contributed by atoms with Crippen molar-refractivity contribution in [1.82, 2.24) is 8.97 Å². The number of nitrogens with zero attached hydrogens (tertiary/aromatic N) is 3. The van der Waals surface area contributed by atoms with E-state index in [2.05, 4.69) is 203 Å². The Morgan fingerprint density at radius 3 is 1.75 bits per heavy atom. The summed E-state index contributed by atoms with van der Waals surface area (Å²) < 4.78 is 4.82. The molecular weight excluding hydrogens is 631 g/mol. The van der Waals surface area contributed by atoms with E-state index in [0.717, 1.165) is 33.8 Å². The van der Waals surface area contributed by atoms with Crippen molar-refractivity contribution in [2.45, 2.75) is 6.92 Å². The molecule has 10 aromatic rings. The molecule has 3 heteroatoms. The van der Waals surface area contributed by atoms with E-state index in [0.29, 0.717) is 0 Å². The van der Waals surface area contributed by atoms with Crippen LogP contribution in [0.25, 0.3) is 76.7 Å². The third-order valence-electron chi connectivity index (χ3n) is 10.6. The fourth-order valence-corrected chi connectivity index (χ4v) is 8.29. The summed E-state index contributed by atoms with van der Waals surface area (Å²) in [4.78, 5) is 2.31. The Bertz CT molecular complexity index is 3010. The highest BCUT2D eigenvalue weighted by atomic mass is 15.1. The molecular formula is C49H35N3. The maximum Gasteiger partial charge on any atom is 0.0641 e. The molecule has 246 valence electrons. The van der Waals surface area contributed by atoms with Crippen LogP contribution in [0.15, 0.2) is 194 Å². The van der Waals surface area contributed by atoms with Crippen molar-refractivity contribution >= 4 is 77.0 Å². The lowest BCUT2D eigenvalue weighted by atomic mass is 10.0. The zero-order chi connectivity index (χ0) is 34.8. The summed E-state index contributed by atoms with van der Waals surface area (Å²) in [5, 5.41) is 7.55. The molecule has 3 aromatic heterocycles. The maximum absolute atomic E-state index is 4.71. The van der Waals surface area contributed by atoms with E-state index in [4.69, 9.17) is 6.58 Å². The second-order valence-corrected chi connectivity index (χ2v) is 13.4. The average molecular weight is 666 g/mol. The average Bonchev–Trinajstić information content (AvgIpc) is 3.69. The van der Waals surface area contributed by atoms with Crippen molar-refractivity contribution in [3.63, 3.8) is 0 Å². The lowest BCUT2D eigenvalue weighted by molar-refractivity contribution is 1.19. The van der Waals surface area contributed by atoms with Gasteiger partial charge in [0.05, 0.1) is 27.6 Å². The number of benzene rings is 7. The van der Waals surface area contributed by atoms with Gasteiger partial charge in [0.2, 0.25) is 0 Å². The zero-order valence-corrected chi connectivity index (χ0v) is 28.9. The largest absolute Gasteiger partial charge is 0.311 e. The van der Waals surface area contributed by atoms with Gasteiger partial charge in [-0.05, 0) is 84.1 Å². The van der Waals surface area contributed by atoms with Gasteiger partial charge in [-0.3, -0.25) is 0 Å². The molecule has 0 aliphatic rings. The highest BCUT2D eigenvalue weighted by Crippen LogP contribution is 2.45. The molecule has 0 atom stereocenters. The Balaban J connectivity index is 1.14. The summed E-state index contributed by atoms with van der Waals surface area (Å²) in [5.74, 6) is 0. The van der Waals surface area contributed by atoms with Gasteiger partial charge in [-0.25, -0.2) is 0 Å². The summed E-state index contributed by atoms with van der Waals surface area (Å²) in [5.41, 5.74) is 12.5. The standard InChI is InChI=1S/C49H35N3/c1-3-36(51(37-17-8-5-9-18-37)38-29-26-35(27-30-38)34-15-6-4-7-16-34)28-25-33(2)50-45-24-14-21-41-39-19-10-12-22-43(39)52-44-23-13-11-20-40(44)42-31-32-46(50)48(47(41)45)49(42)52/h3-32H,2H2,1H3/b28-25-,36-3+. The van der Waals surface area contributed by atoms with Crippen molar-refractivity contribution in [3.8, 4) is 11.1 Å². The van der Waals surface area contributed by atoms with E-state index in [9.17, 15) is 0 Å². The van der Waals surface area contributed by atoms with Gasteiger partial charge in [-0.1, -0.05) is 128 Å². The molecule has 10 rings (SSSR count). The van der Waals surface area contributed by atoms with Gasteiger partial charge in [0.15, 0.2) is 0 Å². The van der Waals surface area contributed by atoms with Gasteiger partial charge in [-0.2, -0.15) is 0 Å². The number of anilines is 2. The molecule has 0 fully saturated rings. The molecule has 0 N–H and O–H groups in total. The number of para-hydroxylation sites is 3. The zero-order valence-electron chi connectivity index (χ0n) is 28.9. The normalized spacial score (nSPS) is 12.4. The minimum atomic E-state index is 0.903. The van der Waals surface area contributed by atoms with Crippen LogP contribution in [-0.4, -0.2) is 8.97 Å². The van der Waals surface area contributed by atoms with Crippen molar-refractivity contribution in [1.29, 1.82) is 0 Å². The first kappa shape index (κ1) is 30.0. The molecule has 0 radical (unpaired) electrons. The summed E-state index contributed by atoms with van der Waals surface area (Å²) in [6.45, 7) is 6.81. The van der Waals surface area contributed by atoms with Crippen LogP contribution in [0, 0.1) is 0 Å². The molecule has 0 saturated carbocycles. The van der Waals surface area contributed by atoms with Crippen LogP contribution in [0.4, 0.5) is 11.4 Å². The smallest absolute Gasteiger partial charge is 0.0641 e. The minimum Gasteiger partial charge on any atom is -0.311 e. The second kappa shape index (κ2) is 11.9. The number of allylic oxidation sites excluding steroid dienone is 4. The lowest BCUT2D eigenvalue weighted by Crippen LogP contribution is -2.15. The van der Waals surface area contributed by atoms with Crippen molar-refractivity contribution in [2.24, 2.45) is 0 Å². The van der Waals surface area contributed by atoms with Crippen molar-refractivity contribution in [3.05, 3.63) is 194 Å². The van der Waals surface area contributed by atoms with E-state index in [1.165, 1.54) is 60.0 Å². The van der Waals surface area contributed by atoms with Crippen LogP contribution in [0.3, 0.4) is 0 Å². The lowest BCUT2D eigenvalue weighted by Gasteiger charge is -2.26. The molecule has 0 aliphatic heterocycles. The van der Waals surface area contributed by atoms with Gasteiger partial charge >= 0.3 is 0 Å². The SMILES string of the molecule is C=C(/C=C\C(=C/C)N(c1ccccc1)c1ccc(-c2ccccc2)cc1)n1c2cccc3c4ccccc4n4c5ccccc5c5ccc1c(c32)c54. The molecule has 0 unspecified atom stereocenters. The number of hydrogen-bond donors (Lipinski definition) is 0. The minimum absolute atomic E-state index is 0.903. The Hall–Kier alpha value is -6.84. The summed E-state index contributed by atoms with van der Waals surface area (Å²) in [6.07, 6.45) is 6.52. The van der Waals surface area contributed by atoms with Crippen molar-refractivity contribution < 1.29 is 0 Å². The number of fused-ring (bicyclic) bond motifs is 6. The first-order chi connectivity index (χ1) is 25.7. The molecule has 52 heavy (non-hydrogen) atoms. The molecule has 0 saturated heterocycles. The van der Waals surface area contributed by atoms with Crippen LogP contribution in [-0.2, 0) is 0 Å². The van der Waals surface area contributed by atoms with E-state index in [1.54, 1.807) is 0 Å². The molecule has 0 amide bonds. The second-order valence-electron chi connectivity index (χ2n) is 13.4.